The molecule has 0 radical (unpaired) electrons. The van der Waals surface area contributed by atoms with E-state index >= 15 is 0 Å². The Morgan fingerprint density at radius 3 is 2.67 bits per heavy atom. The second kappa shape index (κ2) is 4.06. The van der Waals surface area contributed by atoms with E-state index in [1.165, 1.54) is 0 Å². The van der Waals surface area contributed by atoms with E-state index in [2.05, 4.69) is 0 Å². The fourth-order valence-electron chi connectivity index (χ4n) is 0.353. The third-order valence-corrected chi connectivity index (χ3v) is 1.18. The number of hydrogen-bond donors (Lipinski definition) is 0. The lowest BCUT2D eigenvalue weighted by molar-refractivity contribution is -0.402. The van der Waals surface area contributed by atoms with E-state index in [1.807, 2.05) is 13.8 Å². The van der Waals surface area contributed by atoms with Crippen molar-refractivity contribution in [3.8, 4) is 0 Å². The molecule has 0 rings (SSSR count). The largest absolute Gasteiger partial charge is 0.259 e. The maximum absolute atomic E-state index is 9.74. The van der Waals surface area contributed by atoms with Gasteiger partial charge in [0.05, 0.1) is 4.92 Å². The Hall–Kier alpha value is -0.860. The molecule has 0 spiro atoms. The van der Waals surface area contributed by atoms with Crippen molar-refractivity contribution in [2.45, 2.75) is 20.3 Å². The molecule has 0 aliphatic rings. The molecule has 0 fully saturated rings. The zero-order valence-electron chi connectivity index (χ0n) is 5.70. The molecule has 0 aliphatic carbocycles. The smallest absolute Gasteiger partial charge is 0.230 e. The molecular formula is C6H11NO2. The average molecular weight is 129 g/mol. The highest BCUT2D eigenvalue weighted by Gasteiger charge is 1.92. The SMILES string of the molecule is CCC(C)C=C[N+](=O)[O-]. The monoisotopic (exact) mass is 129 g/mol. The minimum Gasteiger partial charge on any atom is -0.259 e. The minimum atomic E-state index is -0.438. The third-order valence-electron chi connectivity index (χ3n) is 1.18. The van der Waals surface area contributed by atoms with Gasteiger partial charge in [0.25, 0.3) is 0 Å². The first-order valence-electron chi connectivity index (χ1n) is 2.98. The van der Waals surface area contributed by atoms with Crippen LogP contribution in [0.3, 0.4) is 0 Å². The number of rotatable bonds is 3. The zero-order valence-corrected chi connectivity index (χ0v) is 5.70. The maximum atomic E-state index is 9.74. The quantitative estimate of drug-likeness (QED) is 0.431. The lowest BCUT2D eigenvalue weighted by Gasteiger charge is -1.94. The predicted molar refractivity (Wildman–Crippen MR) is 35.6 cm³/mol. The summed E-state index contributed by atoms with van der Waals surface area (Å²) in [5, 5.41) is 9.74. The van der Waals surface area contributed by atoms with E-state index in [4.69, 9.17) is 0 Å². The predicted octanol–water partition coefficient (Wildman–Crippen LogP) is 1.82. The second-order valence-corrected chi connectivity index (χ2v) is 2.01. The van der Waals surface area contributed by atoms with E-state index in [1.54, 1.807) is 6.08 Å². The van der Waals surface area contributed by atoms with E-state index < -0.39 is 4.92 Å². The normalized spacial score (nSPS) is 14.0. The van der Waals surface area contributed by atoms with Gasteiger partial charge in [-0.15, -0.1) is 0 Å². The third kappa shape index (κ3) is 5.00. The Balaban J connectivity index is 3.56. The van der Waals surface area contributed by atoms with Crippen molar-refractivity contribution in [2.24, 2.45) is 5.92 Å². The Bertz CT molecular complexity index is 120. The first-order valence-corrected chi connectivity index (χ1v) is 2.98. The van der Waals surface area contributed by atoms with Crippen molar-refractivity contribution in [3.63, 3.8) is 0 Å². The van der Waals surface area contributed by atoms with Crippen LogP contribution in [0.4, 0.5) is 0 Å². The second-order valence-electron chi connectivity index (χ2n) is 2.01. The van der Waals surface area contributed by atoms with Crippen molar-refractivity contribution in [2.75, 3.05) is 0 Å². The number of hydrogen-bond acceptors (Lipinski definition) is 2. The van der Waals surface area contributed by atoms with Gasteiger partial charge in [0.1, 0.15) is 0 Å². The summed E-state index contributed by atoms with van der Waals surface area (Å²) >= 11 is 0. The van der Waals surface area contributed by atoms with Crippen LogP contribution in [0.1, 0.15) is 20.3 Å². The van der Waals surface area contributed by atoms with Gasteiger partial charge in [-0.25, -0.2) is 0 Å². The first kappa shape index (κ1) is 8.14. The van der Waals surface area contributed by atoms with Gasteiger partial charge in [-0.05, 0) is 18.4 Å². The van der Waals surface area contributed by atoms with Gasteiger partial charge in [-0.3, -0.25) is 10.1 Å². The standard InChI is InChI=1S/C6H11NO2/c1-3-6(2)4-5-7(8)9/h4-6H,3H2,1-2H3. The fraction of sp³-hybridized carbons (Fsp3) is 0.667. The minimum absolute atomic E-state index is 0.315. The van der Waals surface area contributed by atoms with Gasteiger partial charge >= 0.3 is 0 Å². The molecule has 0 aromatic heterocycles. The molecule has 0 aromatic carbocycles. The molecular weight excluding hydrogens is 118 g/mol. The van der Waals surface area contributed by atoms with E-state index in [0.717, 1.165) is 12.6 Å². The Labute approximate surface area is 54.5 Å². The van der Waals surface area contributed by atoms with Crippen LogP contribution < -0.4 is 0 Å². The van der Waals surface area contributed by atoms with Crippen LogP contribution >= 0.6 is 0 Å². The summed E-state index contributed by atoms with van der Waals surface area (Å²) in [6.07, 6.45) is 3.54. The molecule has 0 N–H and O–H groups in total. The molecule has 0 aromatic rings. The van der Waals surface area contributed by atoms with Crippen LogP contribution in [-0.2, 0) is 0 Å². The molecule has 3 nitrogen and oxygen atoms in total. The van der Waals surface area contributed by atoms with E-state index in [9.17, 15) is 10.1 Å². The van der Waals surface area contributed by atoms with Crippen molar-refractivity contribution in [1.29, 1.82) is 0 Å². The number of nitro groups is 1. The highest BCUT2D eigenvalue weighted by atomic mass is 16.6. The molecule has 1 atom stereocenters. The van der Waals surface area contributed by atoms with Gasteiger partial charge in [0, 0.05) is 0 Å². The van der Waals surface area contributed by atoms with Crippen molar-refractivity contribution < 1.29 is 4.92 Å². The highest BCUT2D eigenvalue weighted by molar-refractivity contribution is 4.77. The van der Waals surface area contributed by atoms with Crippen LogP contribution in [0.2, 0.25) is 0 Å². The molecule has 3 heteroatoms. The first-order chi connectivity index (χ1) is 4.16. The maximum Gasteiger partial charge on any atom is 0.230 e. The van der Waals surface area contributed by atoms with Crippen LogP contribution in [0, 0.1) is 16.0 Å². The molecule has 9 heavy (non-hydrogen) atoms. The van der Waals surface area contributed by atoms with Crippen molar-refractivity contribution in [3.05, 3.63) is 22.4 Å². The Morgan fingerprint density at radius 1 is 1.78 bits per heavy atom. The molecule has 0 bridgehead atoms. The van der Waals surface area contributed by atoms with Crippen LogP contribution in [0.15, 0.2) is 12.3 Å². The fourth-order valence-corrected chi connectivity index (χ4v) is 0.353. The summed E-state index contributed by atoms with van der Waals surface area (Å²) in [5.74, 6) is 0.315. The van der Waals surface area contributed by atoms with E-state index in [0.29, 0.717) is 5.92 Å². The van der Waals surface area contributed by atoms with Gasteiger partial charge in [-0.2, -0.15) is 0 Å². The summed E-state index contributed by atoms with van der Waals surface area (Å²) in [6, 6.07) is 0. The van der Waals surface area contributed by atoms with Gasteiger partial charge in [-0.1, -0.05) is 13.8 Å². The molecule has 0 saturated heterocycles. The van der Waals surface area contributed by atoms with E-state index in [-0.39, 0.29) is 0 Å². The Kier molecular flexibility index (Phi) is 3.67. The molecule has 0 saturated carbocycles. The lowest BCUT2D eigenvalue weighted by atomic mass is 10.1. The van der Waals surface area contributed by atoms with Gasteiger partial charge in [0.2, 0.25) is 6.20 Å². The zero-order chi connectivity index (χ0) is 7.28. The molecule has 0 aliphatic heterocycles. The molecule has 1 unspecified atom stereocenters. The van der Waals surface area contributed by atoms with Crippen LogP contribution in [0.5, 0.6) is 0 Å². The topological polar surface area (TPSA) is 43.1 Å². The summed E-state index contributed by atoms with van der Waals surface area (Å²) in [4.78, 5) is 9.30. The van der Waals surface area contributed by atoms with Crippen LogP contribution in [0.25, 0.3) is 0 Å². The summed E-state index contributed by atoms with van der Waals surface area (Å²) in [7, 11) is 0. The Morgan fingerprint density at radius 2 is 2.33 bits per heavy atom. The average Bonchev–Trinajstić information content (AvgIpc) is 1.83. The van der Waals surface area contributed by atoms with Gasteiger partial charge < -0.3 is 0 Å². The summed E-state index contributed by atoms with van der Waals surface area (Å²) in [6.45, 7) is 3.94. The molecule has 52 valence electrons. The summed E-state index contributed by atoms with van der Waals surface area (Å²) in [5.41, 5.74) is 0. The van der Waals surface area contributed by atoms with Crippen molar-refractivity contribution in [1.82, 2.24) is 0 Å². The van der Waals surface area contributed by atoms with Gasteiger partial charge in [0.15, 0.2) is 0 Å². The summed E-state index contributed by atoms with van der Waals surface area (Å²) < 4.78 is 0. The number of nitrogens with zero attached hydrogens (tertiary/aromatic N) is 1. The molecule has 0 heterocycles. The van der Waals surface area contributed by atoms with Crippen molar-refractivity contribution >= 4 is 0 Å². The van der Waals surface area contributed by atoms with Crippen LogP contribution in [-0.4, -0.2) is 4.92 Å². The highest BCUT2D eigenvalue weighted by Crippen LogP contribution is 2.00. The molecule has 0 amide bonds. The number of allylic oxidation sites excluding steroid dienone is 1. The lowest BCUT2D eigenvalue weighted by Crippen LogP contribution is -1.88.